The molecule has 0 aliphatic rings. The van der Waals surface area contributed by atoms with Crippen molar-refractivity contribution < 1.29 is 4.79 Å². The van der Waals surface area contributed by atoms with Crippen molar-refractivity contribution >= 4 is 12.0 Å². The standard InChI is InChI=1S/C22H27NO/c1-21(2,3)16-15-17-11-13-18(14-12-17)20(24)23-22(4,5)19-9-7-6-8-10-19/h6-16H,1-5H3,(H,23,24). The van der Waals surface area contributed by atoms with Crippen LogP contribution < -0.4 is 5.32 Å². The molecule has 0 saturated carbocycles. The Hall–Kier alpha value is -2.35. The van der Waals surface area contributed by atoms with Crippen molar-refractivity contribution in [3.8, 4) is 0 Å². The summed E-state index contributed by atoms with van der Waals surface area (Å²) in [5, 5.41) is 3.11. The van der Waals surface area contributed by atoms with E-state index in [0.717, 1.165) is 11.1 Å². The number of hydrogen-bond acceptors (Lipinski definition) is 1. The molecule has 2 aromatic carbocycles. The Kier molecular flexibility index (Phi) is 5.28. The van der Waals surface area contributed by atoms with Crippen LogP contribution in [0.4, 0.5) is 0 Å². The summed E-state index contributed by atoms with van der Waals surface area (Å²) in [6.45, 7) is 10.5. The molecule has 0 saturated heterocycles. The summed E-state index contributed by atoms with van der Waals surface area (Å²) in [6.07, 6.45) is 4.26. The third-order valence-electron chi connectivity index (χ3n) is 3.87. The molecule has 0 atom stereocenters. The number of carbonyl (C=O) groups is 1. The number of allylic oxidation sites excluding steroid dienone is 1. The molecule has 0 aliphatic heterocycles. The maximum atomic E-state index is 12.5. The Morgan fingerprint density at radius 1 is 0.875 bits per heavy atom. The zero-order chi connectivity index (χ0) is 17.8. The minimum absolute atomic E-state index is 0.0600. The van der Waals surface area contributed by atoms with Crippen LogP contribution in [0.2, 0.25) is 0 Å². The fourth-order valence-corrected chi connectivity index (χ4v) is 2.37. The minimum atomic E-state index is -0.414. The molecule has 2 heteroatoms. The van der Waals surface area contributed by atoms with Gasteiger partial charge >= 0.3 is 0 Å². The number of amides is 1. The third-order valence-corrected chi connectivity index (χ3v) is 3.87. The van der Waals surface area contributed by atoms with Crippen molar-refractivity contribution in [1.29, 1.82) is 0 Å². The maximum absolute atomic E-state index is 12.5. The van der Waals surface area contributed by atoms with Crippen LogP contribution in [0.5, 0.6) is 0 Å². The predicted octanol–water partition coefficient (Wildman–Crippen LogP) is 5.41. The molecule has 0 radical (unpaired) electrons. The molecule has 0 unspecified atom stereocenters. The van der Waals surface area contributed by atoms with Gasteiger partial charge in [-0.25, -0.2) is 0 Å². The lowest BCUT2D eigenvalue weighted by Gasteiger charge is -2.27. The van der Waals surface area contributed by atoms with E-state index in [4.69, 9.17) is 0 Å². The molecule has 0 spiro atoms. The van der Waals surface area contributed by atoms with E-state index in [1.807, 2.05) is 68.4 Å². The Morgan fingerprint density at radius 3 is 2.00 bits per heavy atom. The summed E-state index contributed by atoms with van der Waals surface area (Å²) in [5.41, 5.74) is 2.60. The second-order valence-corrected chi connectivity index (χ2v) is 7.77. The zero-order valence-corrected chi connectivity index (χ0v) is 15.3. The molecular formula is C22H27NO. The van der Waals surface area contributed by atoms with Gasteiger partial charge in [0.2, 0.25) is 0 Å². The summed E-state index contributed by atoms with van der Waals surface area (Å²) in [6, 6.07) is 17.7. The van der Waals surface area contributed by atoms with E-state index in [-0.39, 0.29) is 11.3 Å². The third kappa shape index (κ3) is 5.09. The Morgan fingerprint density at radius 2 is 1.46 bits per heavy atom. The molecule has 0 aliphatic carbocycles. The van der Waals surface area contributed by atoms with Crippen LogP contribution in [0.1, 0.15) is 56.1 Å². The molecule has 1 N–H and O–H groups in total. The van der Waals surface area contributed by atoms with Crippen molar-refractivity contribution in [3.63, 3.8) is 0 Å². The van der Waals surface area contributed by atoms with Gasteiger partial charge in [-0.2, -0.15) is 0 Å². The first-order valence-corrected chi connectivity index (χ1v) is 8.35. The number of hydrogen-bond donors (Lipinski definition) is 1. The van der Waals surface area contributed by atoms with Gasteiger partial charge in [0.25, 0.3) is 5.91 Å². The van der Waals surface area contributed by atoms with Crippen LogP contribution in [-0.4, -0.2) is 5.91 Å². The Balaban J connectivity index is 2.09. The SMILES string of the molecule is CC(C)(C)C=Cc1ccc(C(=O)NC(C)(C)c2ccccc2)cc1. The molecule has 2 rings (SSSR count). The predicted molar refractivity (Wildman–Crippen MR) is 102 cm³/mol. The Bertz CT molecular complexity index is 704. The van der Waals surface area contributed by atoms with Crippen LogP contribution >= 0.6 is 0 Å². The van der Waals surface area contributed by atoms with E-state index in [9.17, 15) is 4.79 Å². The molecule has 0 fully saturated rings. The lowest BCUT2D eigenvalue weighted by Crippen LogP contribution is -2.40. The smallest absolute Gasteiger partial charge is 0.251 e. The van der Waals surface area contributed by atoms with Gasteiger partial charge in [-0.1, -0.05) is 75.4 Å². The van der Waals surface area contributed by atoms with Gasteiger partial charge in [-0.3, -0.25) is 4.79 Å². The van der Waals surface area contributed by atoms with Crippen molar-refractivity contribution in [2.24, 2.45) is 5.41 Å². The number of benzene rings is 2. The largest absolute Gasteiger partial charge is 0.343 e. The van der Waals surface area contributed by atoms with E-state index in [2.05, 4.69) is 38.2 Å². The molecule has 2 nitrogen and oxygen atoms in total. The van der Waals surface area contributed by atoms with Crippen molar-refractivity contribution in [2.75, 3.05) is 0 Å². The fraction of sp³-hybridized carbons (Fsp3) is 0.318. The van der Waals surface area contributed by atoms with Crippen LogP contribution in [0.15, 0.2) is 60.7 Å². The Labute approximate surface area is 145 Å². The second kappa shape index (κ2) is 7.04. The summed E-state index contributed by atoms with van der Waals surface area (Å²) >= 11 is 0. The summed E-state index contributed by atoms with van der Waals surface area (Å²) < 4.78 is 0. The highest BCUT2D eigenvalue weighted by molar-refractivity contribution is 5.94. The van der Waals surface area contributed by atoms with Gasteiger partial charge in [0, 0.05) is 5.56 Å². The van der Waals surface area contributed by atoms with Crippen LogP contribution in [-0.2, 0) is 5.54 Å². The normalized spacial score (nSPS) is 12.4. The van der Waals surface area contributed by atoms with Gasteiger partial charge in [0.1, 0.15) is 0 Å². The highest BCUT2D eigenvalue weighted by Crippen LogP contribution is 2.21. The van der Waals surface area contributed by atoms with E-state index < -0.39 is 5.54 Å². The number of rotatable bonds is 4. The molecule has 24 heavy (non-hydrogen) atoms. The van der Waals surface area contributed by atoms with Crippen molar-refractivity contribution in [3.05, 3.63) is 77.4 Å². The van der Waals surface area contributed by atoms with E-state index >= 15 is 0 Å². The van der Waals surface area contributed by atoms with Crippen LogP contribution in [0.3, 0.4) is 0 Å². The molecule has 0 bridgehead atoms. The second-order valence-electron chi connectivity index (χ2n) is 7.77. The van der Waals surface area contributed by atoms with Crippen molar-refractivity contribution in [2.45, 2.75) is 40.2 Å². The first-order valence-electron chi connectivity index (χ1n) is 8.35. The number of carbonyl (C=O) groups excluding carboxylic acids is 1. The van der Waals surface area contributed by atoms with Gasteiger partial charge in [-0.05, 0) is 42.5 Å². The van der Waals surface area contributed by atoms with Gasteiger partial charge in [0.05, 0.1) is 5.54 Å². The van der Waals surface area contributed by atoms with Gasteiger partial charge in [-0.15, -0.1) is 0 Å². The summed E-state index contributed by atoms with van der Waals surface area (Å²) in [7, 11) is 0. The first-order chi connectivity index (χ1) is 11.2. The summed E-state index contributed by atoms with van der Waals surface area (Å²) in [4.78, 5) is 12.5. The van der Waals surface area contributed by atoms with Crippen LogP contribution in [0.25, 0.3) is 6.08 Å². The average molecular weight is 321 g/mol. The number of nitrogens with one attached hydrogen (secondary N) is 1. The van der Waals surface area contributed by atoms with E-state index in [0.29, 0.717) is 5.56 Å². The maximum Gasteiger partial charge on any atom is 0.251 e. The summed E-state index contributed by atoms with van der Waals surface area (Å²) in [5.74, 6) is -0.0600. The quantitative estimate of drug-likeness (QED) is 0.801. The van der Waals surface area contributed by atoms with Crippen molar-refractivity contribution in [1.82, 2.24) is 5.32 Å². The average Bonchev–Trinajstić information content (AvgIpc) is 2.53. The molecule has 0 aromatic heterocycles. The lowest BCUT2D eigenvalue weighted by molar-refractivity contribution is 0.0912. The first kappa shape index (κ1) is 18.0. The topological polar surface area (TPSA) is 29.1 Å². The monoisotopic (exact) mass is 321 g/mol. The molecule has 126 valence electrons. The molecule has 2 aromatic rings. The lowest BCUT2D eigenvalue weighted by atomic mass is 9.93. The fourth-order valence-electron chi connectivity index (χ4n) is 2.37. The van der Waals surface area contributed by atoms with E-state index in [1.165, 1.54) is 0 Å². The molecule has 0 heterocycles. The van der Waals surface area contributed by atoms with Crippen LogP contribution in [0, 0.1) is 5.41 Å². The van der Waals surface area contributed by atoms with E-state index in [1.54, 1.807) is 0 Å². The highest BCUT2D eigenvalue weighted by Gasteiger charge is 2.23. The molecular weight excluding hydrogens is 294 g/mol. The van der Waals surface area contributed by atoms with Gasteiger partial charge in [0.15, 0.2) is 0 Å². The zero-order valence-electron chi connectivity index (χ0n) is 15.3. The minimum Gasteiger partial charge on any atom is -0.343 e. The molecule has 1 amide bonds. The van der Waals surface area contributed by atoms with Gasteiger partial charge < -0.3 is 5.32 Å². The highest BCUT2D eigenvalue weighted by atomic mass is 16.1.